The van der Waals surface area contributed by atoms with Gasteiger partial charge in [0.2, 0.25) is 0 Å². The average Bonchev–Trinajstić information content (AvgIpc) is 3.05. The van der Waals surface area contributed by atoms with E-state index in [1.165, 1.54) is 24.3 Å². The predicted molar refractivity (Wildman–Crippen MR) is 108 cm³/mol. The Labute approximate surface area is 168 Å². The summed E-state index contributed by atoms with van der Waals surface area (Å²) in [5.74, 6) is -0.490. The van der Waals surface area contributed by atoms with Crippen LogP contribution in [0.2, 0.25) is 0 Å². The van der Waals surface area contributed by atoms with Crippen molar-refractivity contribution in [3.05, 3.63) is 65.6 Å². The number of halogens is 1. The number of para-hydroxylation sites is 1. The van der Waals surface area contributed by atoms with Crippen molar-refractivity contribution in [3.63, 3.8) is 0 Å². The van der Waals surface area contributed by atoms with Crippen LogP contribution in [0.1, 0.15) is 27.8 Å². The van der Waals surface area contributed by atoms with E-state index < -0.39 is 0 Å². The topological polar surface area (TPSA) is 58.4 Å². The molecule has 0 spiro atoms. The number of ketones is 1. The lowest BCUT2D eigenvalue weighted by atomic mass is 10.1. The third-order valence-corrected chi connectivity index (χ3v) is 5.47. The second kappa shape index (κ2) is 7.75. The lowest BCUT2D eigenvalue weighted by Crippen LogP contribution is -2.54. The lowest BCUT2D eigenvalue weighted by molar-refractivity contribution is 0.0479. The first-order valence-electron chi connectivity index (χ1n) is 9.68. The summed E-state index contributed by atoms with van der Waals surface area (Å²) in [6.07, 6.45) is 0. The minimum atomic E-state index is -0.357. The van der Waals surface area contributed by atoms with Gasteiger partial charge in [0.05, 0.1) is 12.1 Å². The van der Waals surface area contributed by atoms with Crippen LogP contribution >= 0.6 is 0 Å². The van der Waals surface area contributed by atoms with Crippen molar-refractivity contribution < 1.29 is 14.0 Å². The second-order valence-corrected chi connectivity index (χ2v) is 7.50. The van der Waals surface area contributed by atoms with E-state index in [1.54, 1.807) is 4.68 Å². The lowest BCUT2D eigenvalue weighted by Gasteiger charge is -2.39. The number of Topliss-reactive ketones (excluding diaryl/α,β-unsaturated/α-hetero) is 1. The zero-order chi connectivity index (χ0) is 20.5. The molecule has 0 N–H and O–H groups in total. The number of carbonyl (C=O) groups is 2. The molecule has 4 rings (SSSR count). The Bertz CT molecular complexity index is 1060. The highest BCUT2D eigenvalue weighted by Crippen LogP contribution is 2.21. The number of fused-ring (bicyclic) bond motifs is 1. The van der Waals surface area contributed by atoms with Gasteiger partial charge in [0.1, 0.15) is 5.82 Å². The molecule has 2 aromatic carbocycles. The van der Waals surface area contributed by atoms with Crippen molar-refractivity contribution in [2.24, 2.45) is 7.05 Å². The Balaban J connectivity index is 1.44. The van der Waals surface area contributed by atoms with Gasteiger partial charge in [-0.05, 0) is 37.3 Å². The number of aryl methyl sites for hydroxylation is 1. The number of benzene rings is 2. The average molecular weight is 394 g/mol. The Morgan fingerprint density at radius 3 is 2.55 bits per heavy atom. The van der Waals surface area contributed by atoms with Gasteiger partial charge in [-0.1, -0.05) is 18.2 Å². The molecule has 1 aliphatic rings. The summed E-state index contributed by atoms with van der Waals surface area (Å²) in [5.41, 5.74) is 1.88. The number of hydrogen-bond acceptors (Lipinski definition) is 4. The molecule has 7 heteroatoms. The molecule has 6 nitrogen and oxygen atoms in total. The van der Waals surface area contributed by atoms with Gasteiger partial charge in [0.25, 0.3) is 5.91 Å². The maximum absolute atomic E-state index is 13.1. The molecule has 1 amide bonds. The number of aromatic nitrogens is 2. The molecule has 0 unspecified atom stereocenters. The van der Waals surface area contributed by atoms with Crippen LogP contribution < -0.4 is 0 Å². The fraction of sp³-hybridized carbons (Fsp3) is 0.318. The van der Waals surface area contributed by atoms with Gasteiger partial charge in [0.15, 0.2) is 11.5 Å². The van der Waals surface area contributed by atoms with Gasteiger partial charge < -0.3 is 4.90 Å². The van der Waals surface area contributed by atoms with Crippen molar-refractivity contribution in [1.82, 2.24) is 19.6 Å². The van der Waals surface area contributed by atoms with Gasteiger partial charge in [0, 0.05) is 43.7 Å². The SMILES string of the molecule is C[C@@H]1CN(CC(=O)c2ccc(F)cc2)CCN1C(=O)c1nn(C)c2ccccc12. The van der Waals surface area contributed by atoms with E-state index in [0.29, 0.717) is 30.9 Å². The van der Waals surface area contributed by atoms with E-state index >= 15 is 0 Å². The summed E-state index contributed by atoms with van der Waals surface area (Å²) in [6, 6.07) is 13.3. The highest BCUT2D eigenvalue weighted by Gasteiger charge is 2.31. The molecule has 0 bridgehead atoms. The largest absolute Gasteiger partial charge is 0.332 e. The van der Waals surface area contributed by atoms with Crippen molar-refractivity contribution in [1.29, 1.82) is 0 Å². The second-order valence-electron chi connectivity index (χ2n) is 7.50. The first-order chi connectivity index (χ1) is 13.9. The van der Waals surface area contributed by atoms with E-state index in [0.717, 1.165) is 10.9 Å². The summed E-state index contributed by atoms with van der Waals surface area (Å²) in [7, 11) is 1.83. The van der Waals surface area contributed by atoms with Crippen molar-refractivity contribution in [2.75, 3.05) is 26.2 Å². The quantitative estimate of drug-likeness (QED) is 0.639. The third kappa shape index (κ3) is 3.78. The standard InChI is InChI=1S/C22H23FN4O2/c1-15-13-26(14-20(28)16-7-9-17(23)10-8-16)11-12-27(15)22(29)21-18-5-3-4-6-19(18)25(2)24-21/h3-10,15H,11-14H2,1-2H3/t15-/m1/s1. The van der Waals surface area contributed by atoms with E-state index in [9.17, 15) is 14.0 Å². The Morgan fingerprint density at radius 1 is 1.10 bits per heavy atom. The molecule has 0 radical (unpaired) electrons. The van der Waals surface area contributed by atoms with E-state index in [4.69, 9.17) is 0 Å². The number of hydrogen-bond donors (Lipinski definition) is 0. The van der Waals surface area contributed by atoms with Crippen LogP contribution in [-0.4, -0.2) is 63.5 Å². The van der Waals surface area contributed by atoms with Crippen LogP contribution in [-0.2, 0) is 7.05 Å². The fourth-order valence-electron chi connectivity index (χ4n) is 3.92. The molecule has 3 aromatic rings. The van der Waals surface area contributed by atoms with Crippen LogP contribution in [0.5, 0.6) is 0 Å². The molecule has 1 aromatic heterocycles. The van der Waals surface area contributed by atoms with Gasteiger partial charge in [-0.25, -0.2) is 4.39 Å². The zero-order valence-corrected chi connectivity index (χ0v) is 16.5. The normalized spacial score (nSPS) is 17.6. The van der Waals surface area contributed by atoms with Gasteiger partial charge in [-0.15, -0.1) is 0 Å². The molecule has 1 saturated heterocycles. The number of carbonyl (C=O) groups excluding carboxylic acids is 2. The summed E-state index contributed by atoms with van der Waals surface area (Å²) in [6.45, 7) is 3.97. The first kappa shape index (κ1) is 19.3. The molecule has 0 aliphatic carbocycles. The highest BCUT2D eigenvalue weighted by atomic mass is 19.1. The number of rotatable bonds is 4. The van der Waals surface area contributed by atoms with Crippen molar-refractivity contribution in [2.45, 2.75) is 13.0 Å². The number of nitrogens with zero attached hydrogens (tertiary/aromatic N) is 4. The monoisotopic (exact) mass is 394 g/mol. The van der Waals surface area contributed by atoms with E-state index in [2.05, 4.69) is 5.10 Å². The summed E-state index contributed by atoms with van der Waals surface area (Å²) < 4.78 is 14.8. The third-order valence-electron chi connectivity index (χ3n) is 5.47. The molecule has 1 atom stereocenters. The number of piperazine rings is 1. The smallest absolute Gasteiger partial charge is 0.275 e. The molecule has 29 heavy (non-hydrogen) atoms. The maximum atomic E-state index is 13.1. The minimum absolute atomic E-state index is 0.0435. The van der Waals surface area contributed by atoms with E-state index in [1.807, 2.05) is 48.0 Å². The van der Waals surface area contributed by atoms with Crippen molar-refractivity contribution in [3.8, 4) is 0 Å². The minimum Gasteiger partial charge on any atom is -0.332 e. The molecule has 1 fully saturated rings. The molecule has 1 aliphatic heterocycles. The first-order valence-corrected chi connectivity index (χ1v) is 9.68. The molecular formula is C22H23FN4O2. The Hall–Kier alpha value is -3.06. The van der Waals surface area contributed by atoms with Crippen LogP contribution in [0.15, 0.2) is 48.5 Å². The summed E-state index contributed by atoms with van der Waals surface area (Å²) in [5, 5.41) is 5.29. The molecule has 150 valence electrons. The highest BCUT2D eigenvalue weighted by molar-refractivity contribution is 6.05. The van der Waals surface area contributed by atoms with Crippen molar-refractivity contribution >= 4 is 22.6 Å². The van der Waals surface area contributed by atoms with E-state index in [-0.39, 0.29) is 30.1 Å². The van der Waals surface area contributed by atoms with Gasteiger partial charge in [-0.3, -0.25) is 19.2 Å². The molecule has 2 heterocycles. The Kier molecular flexibility index (Phi) is 5.15. The van der Waals surface area contributed by atoms with Gasteiger partial charge >= 0.3 is 0 Å². The Morgan fingerprint density at radius 2 is 1.83 bits per heavy atom. The van der Waals surface area contributed by atoms with Crippen LogP contribution in [0.4, 0.5) is 4.39 Å². The summed E-state index contributed by atoms with van der Waals surface area (Å²) in [4.78, 5) is 29.5. The maximum Gasteiger partial charge on any atom is 0.275 e. The molecular weight excluding hydrogens is 371 g/mol. The molecule has 0 saturated carbocycles. The number of amides is 1. The summed E-state index contributed by atoms with van der Waals surface area (Å²) >= 11 is 0. The predicted octanol–water partition coefficient (Wildman–Crippen LogP) is 2.74. The van der Waals surface area contributed by atoms with Crippen LogP contribution in [0, 0.1) is 5.82 Å². The van der Waals surface area contributed by atoms with Gasteiger partial charge in [-0.2, -0.15) is 5.10 Å². The fourth-order valence-corrected chi connectivity index (χ4v) is 3.92. The zero-order valence-electron chi connectivity index (χ0n) is 16.5. The van der Waals surface area contributed by atoms with Crippen LogP contribution in [0.3, 0.4) is 0 Å². The van der Waals surface area contributed by atoms with Crippen LogP contribution in [0.25, 0.3) is 10.9 Å².